The first-order chi connectivity index (χ1) is 12.8. The van der Waals surface area contributed by atoms with Gasteiger partial charge in [-0.2, -0.15) is 0 Å². The molecule has 0 saturated carbocycles. The molecule has 1 aromatic heterocycles. The van der Waals surface area contributed by atoms with Crippen molar-refractivity contribution in [3.05, 3.63) is 90.9 Å². The summed E-state index contributed by atoms with van der Waals surface area (Å²) in [6.45, 7) is 6.64. The zero-order chi connectivity index (χ0) is 19.4. The lowest BCUT2D eigenvalue weighted by atomic mass is 9.87. The van der Waals surface area contributed by atoms with Crippen LogP contribution in [0.4, 0.5) is 0 Å². The van der Waals surface area contributed by atoms with Crippen LogP contribution in [0.3, 0.4) is 0 Å². The van der Waals surface area contributed by atoms with Crippen molar-refractivity contribution in [3.8, 4) is 0 Å². The SMILES string of the molecule is CC(C)(C)c1ccc(CSc2nc(Cc3ccccc3)c(I)c(=O)[nH]2)cc1. The van der Waals surface area contributed by atoms with Crippen molar-refractivity contribution in [1.29, 1.82) is 0 Å². The van der Waals surface area contributed by atoms with Crippen LogP contribution >= 0.6 is 34.4 Å². The standard InChI is InChI=1S/C22H23IN2OS/c1-22(2,3)17-11-9-16(10-12-17)14-27-21-24-18(19(23)20(26)25-21)13-15-7-5-4-6-8-15/h4-12H,13-14H2,1-3H3,(H,24,25,26). The Morgan fingerprint density at radius 1 is 1.00 bits per heavy atom. The van der Waals surface area contributed by atoms with Crippen LogP contribution in [-0.2, 0) is 17.6 Å². The summed E-state index contributed by atoms with van der Waals surface area (Å²) < 4.78 is 0.662. The highest BCUT2D eigenvalue weighted by Gasteiger charge is 2.13. The van der Waals surface area contributed by atoms with Gasteiger partial charge in [0.05, 0.1) is 5.69 Å². The molecule has 0 aliphatic heterocycles. The van der Waals surface area contributed by atoms with E-state index in [4.69, 9.17) is 4.98 Å². The Hall–Kier alpha value is -1.60. The van der Waals surface area contributed by atoms with E-state index in [-0.39, 0.29) is 11.0 Å². The van der Waals surface area contributed by atoms with E-state index in [1.54, 1.807) is 11.8 Å². The molecule has 0 aliphatic rings. The topological polar surface area (TPSA) is 45.8 Å². The number of nitrogens with one attached hydrogen (secondary N) is 1. The predicted molar refractivity (Wildman–Crippen MR) is 122 cm³/mol. The summed E-state index contributed by atoms with van der Waals surface area (Å²) in [5, 5.41) is 0.672. The molecule has 3 nitrogen and oxygen atoms in total. The quantitative estimate of drug-likeness (QED) is 0.290. The van der Waals surface area contributed by atoms with Gasteiger partial charge in [0.15, 0.2) is 5.16 Å². The van der Waals surface area contributed by atoms with E-state index in [1.165, 1.54) is 11.1 Å². The molecule has 1 N–H and O–H groups in total. The van der Waals surface area contributed by atoms with Crippen molar-refractivity contribution in [2.45, 2.75) is 43.5 Å². The maximum atomic E-state index is 12.3. The maximum absolute atomic E-state index is 12.3. The number of thioether (sulfide) groups is 1. The smallest absolute Gasteiger partial charge is 0.265 e. The third-order valence-electron chi connectivity index (χ3n) is 4.32. The average Bonchev–Trinajstić information content (AvgIpc) is 2.64. The molecule has 0 bridgehead atoms. The average molecular weight is 490 g/mol. The fourth-order valence-corrected chi connectivity index (χ4v) is 3.99. The Morgan fingerprint density at radius 3 is 2.30 bits per heavy atom. The summed E-state index contributed by atoms with van der Waals surface area (Å²) >= 11 is 3.65. The number of aromatic amines is 1. The number of benzene rings is 2. The van der Waals surface area contributed by atoms with Gasteiger partial charge in [-0.05, 0) is 44.7 Å². The van der Waals surface area contributed by atoms with Crippen molar-refractivity contribution in [1.82, 2.24) is 9.97 Å². The number of H-pyrrole nitrogens is 1. The van der Waals surface area contributed by atoms with E-state index < -0.39 is 0 Å². The minimum absolute atomic E-state index is 0.0675. The number of hydrogen-bond acceptors (Lipinski definition) is 3. The molecule has 5 heteroatoms. The molecule has 0 fully saturated rings. The second kappa shape index (κ2) is 8.61. The molecule has 3 aromatic rings. The first kappa shape index (κ1) is 20.1. The van der Waals surface area contributed by atoms with E-state index >= 15 is 0 Å². The van der Waals surface area contributed by atoms with Gasteiger partial charge in [0, 0.05) is 12.2 Å². The molecule has 140 valence electrons. The van der Waals surface area contributed by atoms with Crippen LogP contribution in [0.15, 0.2) is 64.5 Å². The molecule has 0 amide bonds. The van der Waals surface area contributed by atoms with Crippen LogP contribution in [0, 0.1) is 3.57 Å². The molecule has 0 atom stereocenters. The lowest BCUT2D eigenvalue weighted by Gasteiger charge is -2.19. The minimum Gasteiger partial charge on any atom is -0.301 e. The number of nitrogens with zero attached hydrogens (tertiary/aromatic N) is 1. The van der Waals surface area contributed by atoms with Gasteiger partial charge < -0.3 is 4.98 Å². The number of rotatable bonds is 5. The third-order valence-corrected chi connectivity index (χ3v) is 6.38. The fourth-order valence-electron chi connectivity index (χ4n) is 2.71. The maximum Gasteiger partial charge on any atom is 0.265 e. The highest BCUT2D eigenvalue weighted by atomic mass is 127. The van der Waals surface area contributed by atoms with Crippen LogP contribution in [0.25, 0.3) is 0 Å². The minimum atomic E-state index is -0.0675. The summed E-state index contributed by atoms with van der Waals surface area (Å²) in [5.41, 5.74) is 4.61. The summed E-state index contributed by atoms with van der Waals surface area (Å²) in [4.78, 5) is 19.9. The van der Waals surface area contributed by atoms with Crippen LogP contribution < -0.4 is 5.56 Å². The van der Waals surface area contributed by atoms with Crippen molar-refractivity contribution >= 4 is 34.4 Å². The zero-order valence-electron chi connectivity index (χ0n) is 15.8. The molecule has 27 heavy (non-hydrogen) atoms. The predicted octanol–water partition coefficient (Wildman–Crippen LogP) is 5.56. The molecule has 0 radical (unpaired) electrons. The van der Waals surface area contributed by atoms with Gasteiger partial charge in [-0.25, -0.2) is 4.98 Å². The Morgan fingerprint density at radius 2 is 1.67 bits per heavy atom. The van der Waals surface area contributed by atoms with E-state index in [1.807, 2.05) is 18.2 Å². The molecule has 0 spiro atoms. The van der Waals surface area contributed by atoms with Crippen molar-refractivity contribution in [2.24, 2.45) is 0 Å². The Kier molecular flexibility index (Phi) is 6.42. The molecule has 1 heterocycles. The van der Waals surface area contributed by atoms with Gasteiger partial charge in [0.2, 0.25) is 0 Å². The number of halogens is 1. The largest absolute Gasteiger partial charge is 0.301 e. The lowest BCUT2D eigenvalue weighted by Crippen LogP contribution is -2.16. The van der Waals surface area contributed by atoms with Crippen LogP contribution in [0.5, 0.6) is 0 Å². The van der Waals surface area contributed by atoms with Gasteiger partial charge in [0.25, 0.3) is 5.56 Å². The summed E-state index contributed by atoms with van der Waals surface area (Å²) in [6, 6.07) is 18.8. The molecular weight excluding hydrogens is 467 g/mol. The van der Waals surface area contributed by atoms with E-state index in [2.05, 4.69) is 84.7 Å². The second-order valence-electron chi connectivity index (χ2n) is 7.53. The number of hydrogen-bond donors (Lipinski definition) is 1. The Bertz CT molecular complexity index is 960. The van der Waals surface area contributed by atoms with E-state index in [0.29, 0.717) is 15.1 Å². The highest BCUT2D eigenvalue weighted by molar-refractivity contribution is 14.1. The van der Waals surface area contributed by atoms with Crippen molar-refractivity contribution < 1.29 is 0 Å². The Balaban J connectivity index is 1.74. The molecule has 0 saturated heterocycles. The summed E-state index contributed by atoms with van der Waals surface area (Å²) in [7, 11) is 0. The van der Waals surface area contributed by atoms with Crippen molar-refractivity contribution in [3.63, 3.8) is 0 Å². The monoisotopic (exact) mass is 490 g/mol. The first-order valence-electron chi connectivity index (χ1n) is 8.88. The zero-order valence-corrected chi connectivity index (χ0v) is 18.7. The second-order valence-corrected chi connectivity index (χ2v) is 9.57. The Labute approximate surface area is 178 Å². The molecular formula is C22H23IN2OS. The molecule has 0 aliphatic carbocycles. The van der Waals surface area contributed by atoms with E-state index in [0.717, 1.165) is 17.0 Å². The van der Waals surface area contributed by atoms with E-state index in [9.17, 15) is 4.79 Å². The normalized spacial score (nSPS) is 11.6. The van der Waals surface area contributed by atoms with Gasteiger partial charge in [0.1, 0.15) is 3.57 Å². The first-order valence-corrected chi connectivity index (χ1v) is 10.9. The van der Waals surface area contributed by atoms with Gasteiger partial charge >= 0.3 is 0 Å². The summed E-state index contributed by atoms with van der Waals surface area (Å²) in [5.74, 6) is 0.777. The van der Waals surface area contributed by atoms with Gasteiger partial charge in [-0.3, -0.25) is 4.79 Å². The van der Waals surface area contributed by atoms with Crippen LogP contribution in [-0.4, -0.2) is 9.97 Å². The molecule has 0 unspecified atom stereocenters. The summed E-state index contributed by atoms with van der Waals surface area (Å²) in [6.07, 6.45) is 0.664. The molecule has 3 rings (SSSR count). The third kappa shape index (κ3) is 5.45. The van der Waals surface area contributed by atoms with Crippen molar-refractivity contribution in [2.75, 3.05) is 0 Å². The number of aromatic nitrogens is 2. The lowest BCUT2D eigenvalue weighted by molar-refractivity contribution is 0.590. The fraction of sp³-hybridized carbons (Fsp3) is 0.273. The van der Waals surface area contributed by atoms with Crippen LogP contribution in [0.1, 0.15) is 43.2 Å². The van der Waals surface area contributed by atoms with Crippen LogP contribution in [0.2, 0.25) is 0 Å². The highest BCUT2D eigenvalue weighted by Crippen LogP contribution is 2.25. The van der Waals surface area contributed by atoms with Gasteiger partial charge in [-0.1, -0.05) is 87.1 Å². The van der Waals surface area contributed by atoms with Gasteiger partial charge in [-0.15, -0.1) is 0 Å². The molecule has 2 aromatic carbocycles.